The SMILES string of the molecule is Cl.NOC(F)(F)F. The second-order valence-electron chi connectivity index (χ2n) is 0.564. The molecule has 0 saturated heterocycles. The highest BCUT2D eigenvalue weighted by Crippen LogP contribution is 2.11. The van der Waals surface area contributed by atoms with Gasteiger partial charge in [-0.15, -0.1) is 25.6 Å². The summed E-state index contributed by atoms with van der Waals surface area (Å²) in [5, 5.41) is 0. The van der Waals surface area contributed by atoms with Crippen LogP contribution in [0.1, 0.15) is 0 Å². The number of rotatable bonds is 0. The van der Waals surface area contributed by atoms with Crippen molar-refractivity contribution in [2.24, 2.45) is 5.90 Å². The molecule has 0 unspecified atom stereocenters. The van der Waals surface area contributed by atoms with Gasteiger partial charge in [-0.25, -0.2) is 10.7 Å². The fourth-order valence-electron chi connectivity index (χ4n) is 0. The maximum absolute atomic E-state index is 10.4. The van der Waals surface area contributed by atoms with E-state index in [0.717, 1.165) is 0 Å². The first-order chi connectivity index (χ1) is 2.56. The molecule has 0 amide bonds. The molecule has 0 heterocycles. The van der Waals surface area contributed by atoms with E-state index in [4.69, 9.17) is 0 Å². The van der Waals surface area contributed by atoms with Crippen LogP contribution in [0.4, 0.5) is 13.2 Å². The van der Waals surface area contributed by atoms with Crippen LogP contribution in [0.25, 0.3) is 0 Å². The van der Waals surface area contributed by atoms with Crippen LogP contribution in [0, 0.1) is 0 Å². The predicted octanol–water partition coefficient (Wildman–Crippen LogP) is 0.818. The zero-order chi connectivity index (χ0) is 5.21. The lowest BCUT2D eigenvalue weighted by Gasteiger charge is -1.96. The van der Waals surface area contributed by atoms with E-state index in [0.29, 0.717) is 0 Å². The smallest absolute Gasteiger partial charge is 0.207 e. The molecule has 0 spiro atoms. The lowest BCUT2D eigenvalue weighted by atomic mass is 11.4. The fourth-order valence-corrected chi connectivity index (χ4v) is 0. The van der Waals surface area contributed by atoms with Crippen molar-refractivity contribution in [2.75, 3.05) is 0 Å². The maximum atomic E-state index is 10.4. The van der Waals surface area contributed by atoms with E-state index < -0.39 is 6.36 Å². The molecule has 0 aromatic heterocycles. The summed E-state index contributed by atoms with van der Waals surface area (Å²) in [6.07, 6.45) is -4.68. The summed E-state index contributed by atoms with van der Waals surface area (Å²) in [6, 6.07) is 0. The summed E-state index contributed by atoms with van der Waals surface area (Å²) in [5.41, 5.74) is 0. The van der Waals surface area contributed by atoms with Gasteiger partial charge in [-0.1, -0.05) is 0 Å². The maximum Gasteiger partial charge on any atom is 0.538 e. The Morgan fingerprint density at radius 3 is 1.43 bits per heavy atom. The average Bonchev–Trinajstić information content (AvgIpc) is 1.35. The minimum absolute atomic E-state index is 0. The van der Waals surface area contributed by atoms with E-state index >= 15 is 0 Å². The number of hydrogen-bond acceptors (Lipinski definition) is 2. The van der Waals surface area contributed by atoms with Crippen LogP contribution in [0.2, 0.25) is 0 Å². The average molecular weight is 137 g/mol. The molecule has 2 nitrogen and oxygen atoms in total. The van der Waals surface area contributed by atoms with Gasteiger partial charge < -0.3 is 0 Å². The second kappa shape index (κ2) is 3.06. The van der Waals surface area contributed by atoms with Crippen LogP contribution in [0.5, 0.6) is 0 Å². The van der Waals surface area contributed by atoms with Gasteiger partial charge in [0.25, 0.3) is 0 Å². The van der Waals surface area contributed by atoms with E-state index in [1.807, 2.05) is 0 Å². The van der Waals surface area contributed by atoms with Crippen molar-refractivity contribution in [1.82, 2.24) is 0 Å². The van der Waals surface area contributed by atoms with Gasteiger partial charge >= 0.3 is 6.36 Å². The van der Waals surface area contributed by atoms with E-state index in [9.17, 15) is 13.2 Å². The van der Waals surface area contributed by atoms with Crippen molar-refractivity contribution in [3.63, 3.8) is 0 Å². The van der Waals surface area contributed by atoms with Crippen molar-refractivity contribution in [1.29, 1.82) is 0 Å². The largest absolute Gasteiger partial charge is 0.538 e. The molecule has 6 heteroatoms. The molecule has 46 valence electrons. The van der Waals surface area contributed by atoms with E-state index in [2.05, 4.69) is 10.7 Å². The molecule has 0 aliphatic rings. The minimum atomic E-state index is -4.68. The standard InChI is InChI=1S/CH2F3NO.ClH/c2-1(3,4)6-5;/h5H2;1H. The monoisotopic (exact) mass is 137 g/mol. The van der Waals surface area contributed by atoms with Crippen molar-refractivity contribution < 1.29 is 18.0 Å². The Morgan fingerprint density at radius 2 is 1.43 bits per heavy atom. The molecule has 0 radical (unpaired) electrons. The van der Waals surface area contributed by atoms with E-state index in [-0.39, 0.29) is 12.4 Å². The molecule has 2 N–H and O–H groups in total. The fraction of sp³-hybridized carbons (Fsp3) is 1.00. The molecular weight excluding hydrogens is 134 g/mol. The van der Waals surface area contributed by atoms with Gasteiger partial charge in [-0.3, -0.25) is 0 Å². The van der Waals surface area contributed by atoms with Crippen LogP contribution >= 0.6 is 12.4 Å². The Morgan fingerprint density at radius 1 is 1.29 bits per heavy atom. The summed E-state index contributed by atoms with van der Waals surface area (Å²) >= 11 is 0. The van der Waals surface area contributed by atoms with Gasteiger partial charge in [-0.05, 0) is 0 Å². The van der Waals surface area contributed by atoms with Crippen LogP contribution in [0.3, 0.4) is 0 Å². The van der Waals surface area contributed by atoms with E-state index in [1.54, 1.807) is 0 Å². The highest BCUT2D eigenvalue weighted by atomic mass is 35.5. The Kier molecular flexibility index (Phi) is 4.41. The molecule has 0 fully saturated rings. The van der Waals surface area contributed by atoms with Gasteiger partial charge in [0.1, 0.15) is 0 Å². The van der Waals surface area contributed by atoms with Crippen LogP contribution < -0.4 is 5.90 Å². The minimum Gasteiger partial charge on any atom is -0.207 e. The van der Waals surface area contributed by atoms with Gasteiger partial charge in [0, 0.05) is 0 Å². The molecule has 0 aliphatic carbocycles. The molecule has 0 bridgehead atoms. The van der Waals surface area contributed by atoms with Crippen molar-refractivity contribution >= 4 is 12.4 Å². The summed E-state index contributed by atoms with van der Waals surface area (Å²) < 4.78 is 31.3. The first-order valence-corrected chi connectivity index (χ1v) is 1.01. The third-order valence-corrected chi connectivity index (χ3v) is 0.134. The Balaban J connectivity index is 0. The molecule has 0 rings (SSSR count). The summed E-state index contributed by atoms with van der Waals surface area (Å²) in [5.74, 6) is 3.68. The first kappa shape index (κ1) is 10.1. The summed E-state index contributed by atoms with van der Waals surface area (Å²) in [7, 11) is 0. The van der Waals surface area contributed by atoms with Crippen LogP contribution in [-0.2, 0) is 4.84 Å². The Hall–Kier alpha value is -0.0000000000000000555. The van der Waals surface area contributed by atoms with Gasteiger partial charge in [-0.2, -0.15) is 0 Å². The number of alkyl halides is 3. The number of nitrogens with two attached hydrogens (primary N) is 1. The Labute approximate surface area is 43.8 Å². The molecule has 0 atom stereocenters. The first-order valence-electron chi connectivity index (χ1n) is 1.01. The normalized spacial score (nSPS) is 10.3. The van der Waals surface area contributed by atoms with Crippen LogP contribution in [0.15, 0.2) is 0 Å². The van der Waals surface area contributed by atoms with Crippen molar-refractivity contribution in [2.45, 2.75) is 6.36 Å². The topological polar surface area (TPSA) is 35.2 Å². The quantitative estimate of drug-likeness (QED) is 0.502. The highest BCUT2D eigenvalue weighted by molar-refractivity contribution is 5.85. The zero-order valence-corrected chi connectivity index (χ0v) is 3.84. The van der Waals surface area contributed by atoms with Crippen molar-refractivity contribution in [3.8, 4) is 0 Å². The molecule has 0 aromatic rings. The number of hydrogen-bond donors (Lipinski definition) is 1. The lowest BCUT2D eigenvalue weighted by molar-refractivity contribution is -0.327. The van der Waals surface area contributed by atoms with Gasteiger partial charge in [0.05, 0.1) is 0 Å². The summed E-state index contributed by atoms with van der Waals surface area (Å²) in [6.45, 7) is 0. The molecule has 0 aliphatic heterocycles. The molecule has 0 saturated carbocycles. The van der Waals surface area contributed by atoms with Gasteiger partial charge in [0.2, 0.25) is 0 Å². The third-order valence-electron chi connectivity index (χ3n) is 0.134. The zero-order valence-electron chi connectivity index (χ0n) is 3.03. The lowest BCUT2D eigenvalue weighted by Crippen LogP contribution is -2.17. The van der Waals surface area contributed by atoms with E-state index in [1.165, 1.54) is 0 Å². The molecular formula is CH3ClF3NO. The Bertz CT molecular complexity index is 44.7. The van der Waals surface area contributed by atoms with Crippen LogP contribution in [-0.4, -0.2) is 6.36 Å². The predicted molar refractivity (Wildman–Crippen MR) is 18.6 cm³/mol. The molecule has 0 aromatic carbocycles. The molecule has 7 heavy (non-hydrogen) atoms. The number of halogens is 4. The van der Waals surface area contributed by atoms with Crippen molar-refractivity contribution in [3.05, 3.63) is 0 Å². The van der Waals surface area contributed by atoms with Gasteiger partial charge in [0.15, 0.2) is 0 Å². The summed E-state index contributed by atoms with van der Waals surface area (Å²) in [4.78, 5) is 2.44. The second-order valence-corrected chi connectivity index (χ2v) is 0.564. The highest BCUT2D eigenvalue weighted by Gasteiger charge is 2.27. The third kappa shape index (κ3) is 10.7.